The number of rotatable bonds is 16. The molecule has 0 amide bonds. The lowest BCUT2D eigenvalue weighted by Crippen LogP contribution is -2.59. The molecule has 0 aliphatic rings. The van der Waals surface area contributed by atoms with Gasteiger partial charge in [-0.15, -0.1) is 0 Å². The van der Waals surface area contributed by atoms with Crippen LogP contribution in [0.15, 0.2) is 60.8 Å². The molecule has 10 nitrogen and oxygen atoms in total. The SMILES string of the molecule is CC/C=C/C/C=C/C/C=C/C/C=C/C/C=C/CC([N+](=O)[O-])C([C]=O)([N+](=O)[O-])[N+](=O)[O-]. The van der Waals surface area contributed by atoms with Crippen molar-refractivity contribution in [3.8, 4) is 0 Å². The average Bonchev–Trinajstić information content (AvgIpc) is 2.69. The second kappa shape index (κ2) is 15.5. The molecule has 1 unspecified atom stereocenters. The number of nitro groups is 3. The van der Waals surface area contributed by atoms with Crippen molar-refractivity contribution in [3.05, 3.63) is 91.1 Å². The van der Waals surface area contributed by atoms with Gasteiger partial charge in [0.2, 0.25) is 0 Å². The van der Waals surface area contributed by atoms with Crippen molar-refractivity contribution >= 4 is 6.29 Å². The van der Waals surface area contributed by atoms with Crippen LogP contribution in [0, 0.1) is 30.3 Å². The number of allylic oxidation sites excluding steroid dienone is 9. The maximum atomic E-state index is 11.0. The van der Waals surface area contributed by atoms with Crippen molar-refractivity contribution in [3.63, 3.8) is 0 Å². The van der Waals surface area contributed by atoms with E-state index in [0.717, 1.165) is 19.3 Å². The molecule has 0 rings (SSSR count). The Labute approximate surface area is 174 Å². The van der Waals surface area contributed by atoms with Crippen molar-refractivity contribution in [1.82, 2.24) is 0 Å². The Kier molecular flexibility index (Phi) is 13.7. The van der Waals surface area contributed by atoms with Crippen LogP contribution in [-0.4, -0.2) is 32.8 Å². The highest BCUT2D eigenvalue weighted by molar-refractivity contribution is 5.61. The van der Waals surface area contributed by atoms with E-state index in [0.29, 0.717) is 19.1 Å². The fourth-order valence-corrected chi connectivity index (χ4v) is 2.33. The summed E-state index contributed by atoms with van der Waals surface area (Å²) in [6.07, 6.45) is 22.6. The molecule has 163 valence electrons. The standard InChI is InChI=1S/C20H26N3O7/c1-2-3-4-5-6-7-8-9-10-11-12-13-14-15-16-17-19(21(25)26)20(18-24,22(27)28)23(29)30/h3-4,6-7,9-10,12-13,15-16,19H,2,5,8,11,14,17H2,1H3/b4-3+,7-6+,10-9+,13-12+,16-15+. The first-order valence-electron chi connectivity index (χ1n) is 9.41. The molecule has 0 aromatic carbocycles. The van der Waals surface area contributed by atoms with Gasteiger partial charge in [0.25, 0.3) is 0 Å². The summed E-state index contributed by atoms with van der Waals surface area (Å²) in [6, 6.07) is -2.35. The van der Waals surface area contributed by atoms with E-state index < -0.39 is 32.9 Å². The number of carbonyl (C=O) groups excluding carboxylic acids is 1. The summed E-state index contributed by atoms with van der Waals surface area (Å²) in [5.41, 5.74) is -3.63. The van der Waals surface area contributed by atoms with Crippen LogP contribution in [0.2, 0.25) is 0 Å². The van der Waals surface area contributed by atoms with Crippen LogP contribution in [0.1, 0.15) is 45.4 Å². The Bertz CT molecular complexity index is 710. The van der Waals surface area contributed by atoms with Gasteiger partial charge in [-0.25, -0.2) is 0 Å². The molecule has 0 spiro atoms. The average molecular weight is 420 g/mol. The molecule has 0 aromatic heterocycles. The lowest BCUT2D eigenvalue weighted by molar-refractivity contribution is -0.810. The van der Waals surface area contributed by atoms with E-state index in [4.69, 9.17) is 0 Å². The largest absolute Gasteiger partial charge is 0.589 e. The third-order valence-electron chi connectivity index (χ3n) is 3.94. The molecular formula is C20H26N3O7. The minimum atomic E-state index is -3.63. The van der Waals surface area contributed by atoms with E-state index in [9.17, 15) is 35.1 Å². The van der Waals surface area contributed by atoms with Gasteiger partial charge in [0, 0.05) is 11.3 Å². The third-order valence-corrected chi connectivity index (χ3v) is 3.94. The normalized spacial score (nSPS) is 13.8. The molecule has 0 aliphatic heterocycles. The maximum absolute atomic E-state index is 11.0. The first-order valence-corrected chi connectivity index (χ1v) is 9.41. The van der Waals surface area contributed by atoms with Crippen LogP contribution < -0.4 is 0 Å². The predicted octanol–water partition coefficient (Wildman–Crippen LogP) is 4.13. The second-order valence-corrected chi connectivity index (χ2v) is 6.09. The lowest BCUT2D eigenvalue weighted by Gasteiger charge is -2.13. The monoisotopic (exact) mass is 420 g/mol. The Morgan fingerprint density at radius 3 is 1.40 bits per heavy atom. The molecule has 30 heavy (non-hydrogen) atoms. The first kappa shape index (κ1) is 26.6. The highest BCUT2D eigenvalue weighted by atomic mass is 16.7. The summed E-state index contributed by atoms with van der Waals surface area (Å²) in [5, 5.41) is 32.9. The van der Waals surface area contributed by atoms with Crippen LogP contribution >= 0.6 is 0 Å². The molecule has 0 fully saturated rings. The molecule has 0 saturated carbocycles. The van der Waals surface area contributed by atoms with E-state index in [2.05, 4.69) is 31.2 Å². The molecular weight excluding hydrogens is 394 g/mol. The van der Waals surface area contributed by atoms with Crippen LogP contribution in [0.3, 0.4) is 0 Å². The lowest BCUT2D eigenvalue weighted by atomic mass is 10.00. The number of hydrogen-bond donors (Lipinski definition) is 0. The summed E-state index contributed by atoms with van der Waals surface area (Å²) in [4.78, 5) is 39.4. The van der Waals surface area contributed by atoms with Crippen molar-refractivity contribution in [2.24, 2.45) is 0 Å². The minimum Gasteiger partial charge on any atom is -0.273 e. The van der Waals surface area contributed by atoms with Crippen LogP contribution in [-0.2, 0) is 4.79 Å². The molecule has 0 heterocycles. The van der Waals surface area contributed by atoms with Gasteiger partial charge in [-0.2, -0.15) is 0 Å². The van der Waals surface area contributed by atoms with Crippen molar-refractivity contribution in [2.75, 3.05) is 0 Å². The zero-order valence-electron chi connectivity index (χ0n) is 16.8. The predicted molar refractivity (Wildman–Crippen MR) is 112 cm³/mol. The zero-order valence-corrected chi connectivity index (χ0v) is 16.8. The Morgan fingerprint density at radius 2 is 1.10 bits per heavy atom. The molecule has 1 atom stereocenters. The van der Waals surface area contributed by atoms with E-state index >= 15 is 0 Å². The van der Waals surface area contributed by atoms with Gasteiger partial charge < -0.3 is 0 Å². The molecule has 0 aliphatic carbocycles. The maximum Gasteiger partial charge on any atom is 0.589 e. The van der Waals surface area contributed by atoms with Gasteiger partial charge in [-0.3, -0.25) is 35.1 Å². The summed E-state index contributed by atoms with van der Waals surface area (Å²) in [6.45, 7) is 2.08. The zero-order chi connectivity index (χ0) is 22.8. The Balaban J connectivity index is 4.48. The minimum absolute atomic E-state index is 0.386. The second-order valence-electron chi connectivity index (χ2n) is 6.09. The summed E-state index contributed by atoms with van der Waals surface area (Å²) >= 11 is 0. The van der Waals surface area contributed by atoms with E-state index in [1.807, 2.05) is 18.2 Å². The fraction of sp³-hybridized carbons (Fsp3) is 0.450. The summed E-state index contributed by atoms with van der Waals surface area (Å²) in [5.74, 6) is 0. The molecule has 0 N–H and O–H groups in total. The number of hydrogen-bond acceptors (Lipinski definition) is 7. The molecule has 0 bridgehead atoms. The number of nitrogens with zero attached hydrogens (tertiary/aromatic N) is 3. The van der Waals surface area contributed by atoms with Gasteiger partial charge in [-0.05, 0) is 32.1 Å². The Morgan fingerprint density at radius 1 is 0.733 bits per heavy atom. The molecule has 0 saturated heterocycles. The summed E-state index contributed by atoms with van der Waals surface area (Å²) < 4.78 is 0. The van der Waals surface area contributed by atoms with Crippen molar-refractivity contribution in [1.29, 1.82) is 0 Å². The van der Waals surface area contributed by atoms with Crippen LogP contribution in [0.25, 0.3) is 0 Å². The highest BCUT2D eigenvalue weighted by Gasteiger charge is 2.71. The summed E-state index contributed by atoms with van der Waals surface area (Å²) in [7, 11) is 0. The van der Waals surface area contributed by atoms with Gasteiger partial charge in [-0.1, -0.05) is 67.7 Å². The van der Waals surface area contributed by atoms with Crippen molar-refractivity contribution < 1.29 is 19.6 Å². The van der Waals surface area contributed by atoms with E-state index in [-0.39, 0.29) is 0 Å². The highest BCUT2D eigenvalue weighted by Crippen LogP contribution is 2.20. The van der Waals surface area contributed by atoms with Crippen molar-refractivity contribution in [2.45, 2.75) is 57.2 Å². The van der Waals surface area contributed by atoms with Gasteiger partial charge in [0.05, 0.1) is 0 Å². The third kappa shape index (κ3) is 9.18. The van der Waals surface area contributed by atoms with E-state index in [1.165, 1.54) is 12.2 Å². The smallest absolute Gasteiger partial charge is 0.273 e. The molecule has 0 aromatic rings. The molecule has 1 radical (unpaired) electrons. The topological polar surface area (TPSA) is 146 Å². The first-order chi connectivity index (χ1) is 14.3. The van der Waals surface area contributed by atoms with E-state index in [1.54, 1.807) is 6.08 Å². The fourth-order valence-electron chi connectivity index (χ4n) is 2.33. The van der Waals surface area contributed by atoms with Crippen LogP contribution in [0.4, 0.5) is 0 Å². The van der Waals surface area contributed by atoms with Gasteiger partial charge in [0.15, 0.2) is 0 Å². The van der Waals surface area contributed by atoms with Gasteiger partial charge >= 0.3 is 18.0 Å². The van der Waals surface area contributed by atoms with Crippen LogP contribution in [0.5, 0.6) is 0 Å². The molecule has 10 heteroatoms. The van der Waals surface area contributed by atoms with Gasteiger partial charge in [0.1, 0.15) is 9.85 Å². The quantitative estimate of drug-likeness (QED) is 0.158. The Hall–Kier alpha value is -3.43.